The van der Waals surface area contributed by atoms with E-state index in [2.05, 4.69) is 9.97 Å². The molecule has 0 N–H and O–H groups in total. The lowest BCUT2D eigenvalue weighted by Crippen LogP contribution is -1.87. The third-order valence-corrected chi connectivity index (χ3v) is 4.46. The smallest absolute Gasteiger partial charge is 0.170 e. The van der Waals surface area contributed by atoms with E-state index < -0.39 is 0 Å². The number of hydrogen-bond donors (Lipinski definition) is 0. The Kier molecular flexibility index (Phi) is 2.77. The Bertz CT molecular complexity index is 956. The maximum absolute atomic E-state index is 10.9. The minimum absolute atomic E-state index is 0.375. The van der Waals surface area contributed by atoms with E-state index in [1.54, 1.807) is 28.1 Å². The summed E-state index contributed by atoms with van der Waals surface area (Å²) >= 11 is 7.74. The summed E-state index contributed by atoms with van der Waals surface area (Å²) in [6, 6.07) is 9.77. The molecule has 0 spiro atoms. The van der Waals surface area contributed by atoms with Gasteiger partial charge in [-0.25, -0.2) is 9.97 Å². The second kappa shape index (κ2) is 4.65. The van der Waals surface area contributed by atoms with Gasteiger partial charge >= 0.3 is 0 Å². The molecule has 1 aromatic carbocycles. The monoisotopic (exact) mass is 313 g/mol. The molecule has 102 valence electrons. The Morgan fingerprint density at radius 1 is 1.19 bits per heavy atom. The second-order valence-corrected chi connectivity index (χ2v) is 6.04. The first-order chi connectivity index (χ1) is 10.2. The molecule has 4 nitrogen and oxygen atoms in total. The molecule has 0 amide bonds. The predicted octanol–water partition coefficient (Wildman–Crippen LogP) is 4.08. The van der Waals surface area contributed by atoms with Gasteiger partial charge in [0.2, 0.25) is 0 Å². The van der Waals surface area contributed by atoms with E-state index >= 15 is 0 Å². The lowest BCUT2D eigenvalue weighted by atomic mass is 10.3. The fraction of sp³-hybridized carbons (Fsp3) is 0. The summed E-state index contributed by atoms with van der Waals surface area (Å²) in [5.74, 6) is 0. The average Bonchev–Trinajstić information content (AvgIpc) is 3.09. The maximum atomic E-state index is 10.9. The van der Waals surface area contributed by atoms with Gasteiger partial charge in [0.1, 0.15) is 16.3 Å². The number of thiazole rings is 1. The zero-order valence-corrected chi connectivity index (χ0v) is 12.2. The van der Waals surface area contributed by atoms with Crippen molar-refractivity contribution in [2.75, 3.05) is 0 Å². The van der Waals surface area contributed by atoms with E-state index in [9.17, 15) is 4.79 Å². The second-order valence-electron chi connectivity index (χ2n) is 4.57. The number of hydrogen-bond acceptors (Lipinski definition) is 4. The van der Waals surface area contributed by atoms with Crippen LogP contribution in [0, 0.1) is 0 Å². The van der Waals surface area contributed by atoms with Gasteiger partial charge < -0.3 is 4.40 Å². The average molecular weight is 314 g/mol. The molecule has 0 fully saturated rings. The van der Waals surface area contributed by atoms with Gasteiger partial charge in [0.05, 0.1) is 20.8 Å². The van der Waals surface area contributed by atoms with Crippen LogP contribution in [0.2, 0.25) is 5.02 Å². The first-order valence-electron chi connectivity index (χ1n) is 6.24. The Balaban J connectivity index is 2.04. The molecule has 0 bridgehead atoms. The minimum Gasteiger partial charge on any atom is -0.304 e. The standard InChI is InChI=1S/C15H8ClN3OS/c16-9-5-11(14-17-10(8-20)7-19(14)6-9)15-18-12-3-1-2-4-13(12)21-15/h1-8H. The molecular formula is C15H8ClN3OS. The van der Waals surface area contributed by atoms with E-state index in [1.807, 2.05) is 30.3 Å². The van der Waals surface area contributed by atoms with Crippen LogP contribution in [0.4, 0.5) is 0 Å². The van der Waals surface area contributed by atoms with Gasteiger partial charge in [-0.05, 0) is 18.2 Å². The fourth-order valence-electron chi connectivity index (χ4n) is 2.28. The van der Waals surface area contributed by atoms with E-state index in [0.29, 0.717) is 16.4 Å². The van der Waals surface area contributed by atoms with Crippen molar-refractivity contribution in [2.45, 2.75) is 0 Å². The number of pyridine rings is 1. The number of aldehydes is 1. The summed E-state index contributed by atoms with van der Waals surface area (Å²) < 4.78 is 2.86. The first-order valence-corrected chi connectivity index (χ1v) is 7.43. The molecule has 0 aliphatic rings. The molecular weight excluding hydrogens is 306 g/mol. The van der Waals surface area contributed by atoms with Crippen LogP contribution in [-0.2, 0) is 0 Å². The van der Waals surface area contributed by atoms with Crippen LogP contribution in [-0.4, -0.2) is 20.7 Å². The van der Waals surface area contributed by atoms with Crippen LogP contribution in [0.1, 0.15) is 10.5 Å². The summed E-state index contributed by atoms with van der Waals surface area (Å²) in [6.45, 7) is 0. The van der Waals surface area contributed by atoms with E-state index in [1.165, 1.54) is 0 Å². The number of aromatic nitrogens is 3. The van der Waals surface area contributed by atoms with Crippen molar-refractivity contribution in [2.24, 2.45) is 0 Å². The summed E-state index contributed by atoms with van der Waals surface area (Å²) in [5, 5.41) is 1.42. The molecule has 4 aromatic rings. The van der Waals surface area contributed by atoms with Crippen molar-refractivity contribution < 1.29 is 4.79 Å². The molecule has 6 heteroatoms. The number of halogens is 1. The summed E-state index contributed by atoms with van der Waals surface area (Å²) in [6.07, 6.45) is 4.11. The quantitative estimate of drug-likeness (QED) is 0.524. The lowest BCUT2D eigenvalue weighted by molar-refractivity contribution is 0.111. The zero-order valence-electron chi connectivity index (χ0n) is 10.7. The Labute approximate surface area is 128 Å². The number of rotatable bonds is 2. The molecule has 0 radical (unpaired) electrons. The molecule has 0 aliphatic heterocycles. The molecule has 0 atom stereocenters. The van der Waals surface area contributed by atoms with Crippen LogP contribution in [0.15, 0.2) is 42.7 Å². The maximum Gasteiger partial charge on any atom is 0.170 e. The van der Waals surface area contributed by atoms with Gasteiger partial charge in [-0.1, -0.05) is 23.7 Å². The van der Waals surface area contributed by atoms with Crippen LogP contribution in [0.3, 0.4) is 0 Å². The Hall–Kier alpha value is -2.24. The normalized spacial score (nSPS) is 11.3. The number of nitrogens with zero attached hydrogens (tertiary/aromatic N) is 3. The number of carbonyl (C=O) groups is 1. The van der Waals surface area contributed by atoms with Gasteiger partial charge in [0, 0.05) is 12.4 Å². The Morgan fingerprint density at radius 2 is 2.05 bits per heavy atom. The highest BCUT2D eigenvalue weighted by atomic mass is 35.5. The van der Waals surface area contributed by atoms with Crippen molar-refractivity contribution in [1.29, 1.82) is 0 Å². The number of fused-ring (bicyclic) bond motifs is 2. The van der Waals surface area contributed by atoms with E-state index in [0.717, 1.165) is 27.1 Å². The molecule has 0 aliphatic carbocycles. The van der Waals surface area contributed by atoms with Crippen LogP contribution in [0.25, 0.3) is 26.4 Å². The molecule has 0 saturated heterocycles. The first kappa shape index (κ1) is 12.5. The summed E-state index contributed by atoms with van der Waals surface area (Å²) in [4.78, 5) is 19.9. The van der Waals surface area contributed by atoms with Crippen molar-refractivity contribution in [3.63, 3.8) is 0 Å². The predicted molar refractivity (Wildman–Crippen MR) is 84.2 cm³/mol. The van der Waals surface area contributed by atoms with Gasteiger partial charge in [0.15, 0.2) is 6.29 Å². The van der Waals surface area contributed by atoms with Gasteiger partial charge in [-0.15, -0.1) is 11.3 Å². The van der Waals surface area contributed by atoms with E-state index in [4.69, 9.17) is 11.6 Å². The van der Waals surface area contributed by atoms with Gasteiger partial charge in [0.25, 0.3) is 0 Å². The summed E-state index contributed by atoms with van der Waals surface area (Å²) in [5.41, 5.74) is 2.83. The SMILES string of the molecule is O=Cc1cn2cc(Cl)cc(-c3nc4ccccc4s3)c2n1. The van der Waals surface area contributed by atoms with Gasteiger partial charge in [-0.2, -0.15) is 0 Å². The van der Waals surface area contributed by atoms with Crippen molar-refractivity contribution in [3.8, 4) is 10.6 Å². The van der Waals surface area contributed by atoms with Crippen LogP contribution in [0.5, 0.6) is 0 Å². The highest BCUT2D eigenvalue weighted by molar-refractivity contribution is 7.21. The molecule has 0 unspecified atom stereocenters. The van der Waals surface area contributed by atoms with Gasteiger partial charge in [-0.3, -0.25) is 4.79 Å². The zero-order chi connectivity index (χ0) is 14.4. The molecule has 3 aromatic heterocycles. The number of para-hydroxylation sites is 1. The fourth-order valence-corrected chi connectivity index (χ4v) is 3.48. The van der Waals surface area contributed by atoms with Crippen LogP contribution < -0.4 is 0 Å². The molecule has 0 saturated carbocycles. The summed E-state index contributed by atoms with van der Waals surface area (Å²) in [7, 11) is 0. The largest absolute Gasteiger partial charge is 0.304 e. The van der Waals surface area contributed by atoms with Crippen LogP contribution >= 0.6 is 22.9 Å². The number of imidazole rings is 1. The minimum atomic E-state index is 0.375. The molecule has 21 heavy (non-hydrogen) atoms. The molecule has 4 rings (SSSR count). The Morgan fingerprint density at radius 3 is 2.86 bits per heavy atom. The third kappa shape index (κ3) is 2.02. The topological polar surface area (TPSA) is 47.3 Å². The lowest BCUT2D eigenvalue weighted by Gasteiger charge is -2.01. The third-order valence-electron chi connectivity index (χ3n) is 3.18. The molecule has 3 heterocycles. The number of benzene rings is 1. The highest BCUT2D eigenvalue weighted by Gasteiger charge is 2.13. The van der Waals surface area contributed by atoms with E-state index in [-0.39, 0.29) is 0 Å². The van der Waals surface area contributed by atoms with Crippen molar-refractivity contribution >= 4 is 45.1 Å². The van der Waals surface area contributed by atoms with Crippen molar-refractivity contribution in [3.05, 3.63) is 53.4 Å². The highest BCUT2D eigenvalue weighted by Crippen LogP contribution is 2.33. The van der Waals surface area contributed by atoms with Crippen molar-refractivity contribution in [1.82, 2.24) is 14.4 Å². The number of carbonyl (C=O) groups excluding carboxylic acids is 1.